The zero-order valence-electron chi connectivity index (χ0n) is 15.3. The number of nitrogens with one attached hydrogen (secondary N) is 1. The van der Waals surface area contributed by atoms with Gasteiger partial charge in [0.15, 0.2) is 18.1 Å². The minimum atomic E-state index is -0.529. The number of carbonyl (C=O) groups excluding carboxylic acids is 2. The van der Waals surface area contributed by atoms with Crippen molar-refractivity contribution in [3.8, 4) is 11.5 Å². The molecule has 0 unspecified atom stereocenters. The van der Waals surface area contributed by atoms with Gasteiger partial charge in [-0.2, -0.15) is 0 Å². The van der Waals surface area contributed by atoms with Crippen molar-refractivity contribution >= 4 is 46.2 Å². The molecule has 0 atom stereocenters. The molecule has 0 aliphatic carbocycles. The fraction of sp³-hybridized carbons (Fsp3) is 0.143. The largest absolute Gasteiger partial charge is 0.454 e. The zero-order valence-corrected chi connectivity index (χ0v) is 16.9. The van der Waals surface area contributed by atoms with Crippen LogP contribution in [0, 0.1) is 0 Å². The molecule has 0 bridgehead atoms. The van der Waals surface area contributed by atoms with E-state index in [0.717, 1.165) is 15.3 Å². The molecule has 148 valence electrons. The summed E-state index contributed by atoms with van der Waals surface area (Å²) in [6.45, 7) is 0.152. The number of hydrogen-bond donors (Lipinski definition) is 1. The summed E-state index contributed by atoms with van der Waals surface area (Å²) < 4.78 is 15.8. The third kappa shape index (κ3) is 4.85. The Morgan fingerprint density at radius 1 is 1.07 bits per heavy atom. The van der Waals surface area contributed by atoms with E-state index in [1.54, 1.807) is 12.1 Å². The molecular weight excluding hydrogens is 410 g/mol. The Labute approximate surface area is 175 Å². The summed E-state index contributed by atoms with van der Waals surface area (Å²) in [5.74, 6) is 0.437. The van der Waals surface area contributed by atoms with Crippen LogP contribution in [0.15, 0.2) is 53.2 Å². The van der Waals surface area contributed by atoms with E-state index in [0.29, 0.717) is 23.6 Å². The lowest BCUT2D eigenvalue weighted by molar-refractivity contribution is -0.142. The van der Waals surface area contributed by atoms with Crippen LogP contribution in [-0.2, 0) is 20.9 Å². The SMILES string of the molecule is O=C(COC(=O)/C(=C/c1cccs1)c1cccs1)NCc1ccc2c(c1)OCO2. The maximum absolute atomic E-state index is 12.6. The first-order chi connectivity index (χ1) is 14.2. The van der Waals surface area contributed by atoms with Crippen LogP contribution in [0.3, 0.4) is 0 Å². The summed E-state index contributed by atoms with van der Waals surface area (Å²) in [5, 5.41) is 6.57. The Balaban J connectivity index is 1.33. The number of fused-ring (bicyclic) bond motifs is 1. The van der Waals surface area contributed by atoms with Crippen LogP contribution >= 0.6 is 22.7 Å². The van der Waals surface area contributed by atoms with Crippen molar-refractivity contribution in [2.24, 2.45) is 0 Å². The molecule has 0 spiro atoms. The molecule has 4 rings (SSSR count). The zero-order chi connectivity index (χ0) is 20.1. The second-order valence-corrected chi connectivity index (χ2v) is 8.02. The smallest absolute Gasteiger partial charge is 0.340 e. The van der Waals surface area contributed by atoms with Gasteiger partial charge in [0.05, 0.1) is 5.57 Å². The summed E-state index contributed by atoms with van der Waals surface area (Å²) in [4.78, 5) is 26.4. The summed E-state index contributed by atoms with van der Waals surface area (Å²) >= 11 is 2.97. The molecule has 1 aromatic carbocycles. The highest BCUT2D eigenvalue weighted by atomic mass is 32.1. The lowest BCUT2D eigenvalue weighted by atomic mass is 10.2. The highest BCUT2D eigenvalue weighted by Crippen LogP contribution is 2.32. The van der Waals surface area contributed by atoms with E-state index in [9.17, 15) is 9.59 Å². The van der Waals surface area contributed by atoms with E-state index < -0.39 is 5.97 Å². The van der Waals surface area contributed by atoms with Crippen molar-refractivity contribution in [2.75, 3.05) is 13.4 Å². The van der Waals surface area contributed by atoms with Gasteiger partial charge in [-0.15, -0.1) is 22.7 Å². The normalized spacial score (nSPS) is 12.6. The van der Waals surface area contributed by atoms with Crippen LogP contribution < -0.4 is 14.8 Å². The second-order valence-electron chi connectivity index (χ2n) is 6.09. The van der Waals surface area contributed by atoms with Crippen LogP contribution in [0.1, 0.15) is 15.3 Å². The number of carbonyl (C=O) groups is 2. The minimum absolute atomic E-state index is 0.201. The van der Waals surface area contributed by atoms with Crippen molar-refractivity contribution in [1.82, 2.24) is 5.32 Å². The molecule has 3 aromatic rings. The molecule has 0 radical (unpaired) electrons. The molecule has 0 saturated heterocycles. The number of esters is 1. The molecule has 1 aliphatic heterocycles. The molecule has 0 saturated carbocycles. The van der Waals surface area contributed by atoms with E-state index in [1.807, 2.05) is 47.2 Å². The molecule has 0 fully saturated rings. The van der Waals surface area contributed by atoms with Gasteiger partial charge < -0.3 is 19.5 Å². The monoisotopic (exact) mass is 427 g/mol. The van der Waals surface area contributed by atoms with Gasteiger partial charge in [-0.1, -0.05) is 18.2 Å². The number of thiophene rings is 2. The standard InChI is InChI=1S/C21H17NO5S2/c23-20(22-11-14-5-6-17-18(9-14)27-13-26-17)12-25-21(24)16(19-4-2-8-29-19)10-15-3-1-7-28-15/h1-10H,11-13H2,(H,22,23)/b16-10+. The van der Waals surface area contributed by atoms with E-state index in [-0.39, 0.29) is 19.3 Å². The first kappa shape index (κ1) is 19.2. The van der Waals surface area contributed by atoms with Gasteiger partial charge in [0.25, 0.3) is 5.91 Å². The number of amides is 1. The lowest BCUT2D eigenvalue weighted by Gasteiger charge is -2.09. The van der Waals surface area contributed by atoms with Gasteiger partial charge in [0.1, 0.15) is 0 Å². The van der Waals surface area contributed by atoms with Gasteiger partial charge in [0, 0.05) is 16.3 Å². The molecule has 29 heavy (non-hydrogen) atoms. The lowest BCUT2D eigenvalue weighted by Crippen LogP contribution is -2.28. The van der Waals surface area contributed by atoms with E-state index >= 15 is 0 Å². The fourth-order valence-electron chi connectivity index (χ4n) is 2.69. The maximum Gasteiger partial charge on any atom is 0.340 e. The summed E-state index contributed by atoms with van der Waals surface area (Å²) in [5.41, 5.74) is 1.30. The Morgan fingerprint density at radius 3 is 2.69 bits per heavy atom. The first-order valence-corrected chi connectivity index (χ1v) is 10.6. The van der Waals surface area contributed by atoms with Crippen molar-refractivity contribution in [2.45, 2.75) is 6.54 Å². The predicted molar refractivity (Wildman–Crippen MR) is 112 cm³/mol. The van der Waals surface area contributed by atoms with Crippen LogP contribution in [-0.4, -0.2) is 25.3 Å². The predicted octanol–water partition coefficient (Wildman–Crippen LogP) is 3.94. The molecule has 1 amide bonds. The van der Waals surface area contributed by atoms with Crippen molar-refractivity contribution in [3.05, 3.63) is 68.5 Å². The van der Waals surface area contributed by atoms with Crippen LogP contribution in [0.4, 0.5) is 0 Å². The molecular formula is C21H17NO5S2. The van der Waals surface area contributed by atoms with E-state index in [4.69, 9.17) is 14.2 Å². The Hall–Kier alpha value is -3.10. The third-order valence-corrected chi connectivity index (χ3v) is 5.82. The fourth-order valence-corrected chi connectivity index (χ4v) is 4.08. The molecule has 8 heteroatoms. The third-order valence-electron chi connectivity index (χ3n) is 4.10. The second kappa shape index (κ2) is 8.93. The molecule has 1 aliphatic rings. The van der Waals surface area contributed by atoms with Gasteiger partial charge in [-0.3, -0.25) is 4.79 Å². The number of hydrogen-bond acceptors (Lipinski definition) is 7. The molecule has 6 nitrogen and oxygen atoms in total. The van der Waals surface area contributed by atoms with Crippen LogP contribution in [0.5, 0.6) is 11.5 Å². The van der Waals surface area contributed by atoms with Crippen molar-refractivity contribution in [1.29, 1.82) is 0 Å². The van der Waals surface area contributed by atoms with Crippen molar-refractivity contribution in [3.63, 3.8) is 0 Å². The molecule has 2 aromatic heterocycles. The van der Waals surface area contributed by atoms with Gasteiger partial charge in [-0.05, 0) is 46.7 Å². The summed E-state index contributed by atoms with van der Waals surface area (Å²) in [7, 11) is 0. The van der Waals surface area contributed by atoms with Gasteiger partial charge in [-0.25, -0.2) is 4.79 Å². The quantitative estimate of drug-likeness (QED) is 0.457. The maximum atomic E-state index is 12.6. The Morgan fingerprint density at radius 2 is 1.90 bits per heavy atom. The van der Waals surface area contributed by atoms with E-state index in [1.165, 1.54) is 22.7 Å². The van der Waals surface area contributed by atoms with Crippen LogP contribution in [0.2, 0.25) is 0 Å². The molecule has 3 heterocycles. The average Bonchev–Trinajstić information content (AvgIpc) is 3.50. The Kier molecular flexibility index (Phi) is 5.92. The van der Waals surface area contributed by atoms with Crippen molar-refractivity contribution < 1.29 is 23.8 Å². The summed E-state index contributed by atoms with van der Waals surface area (Å²) in [6, 6.07) is 13.0. The van der Waals surface area contributed by atoms with E-state index in [2.05, 4.69) is 5.32 Å². The summed E-state index contributed by atoms with van der Waals surface area (Å²) in [6.07, 6.45) is 1.78. The number of benzene rings is 1. The highest BCUT2D eigenvalue weighted by molar-refractivity contribution is 7.12. The highest BCUT2D eigenvalue weighted by Gasteiger charge is 2.17. The van der Waals surface area contributed by atoms with Gasteiger partial charge >= 0.3 is 5.97 Å². The number of rotatable bonds is 7. The average molecular weight is 428 g/mol. The number of ether oxygens (including phenoxy) is 3. The van der Waals surface area contributed by atoms with Gasteiger partial charge in [0.2, 0.25) is 6.79 Å². The molecule has 1 N–H and O–H groups in total. The van der Waals surface area contributed by atoms with Crippen LogP contribution in [0.25, 0.3) is 11.6 Å². The topological polar surface area (TPSA) is 73.9 Å². The first-order valence-electron chi connectivity index (χ1n) is 8.80. The Bertz CT molecular complexity index is 1030. The minimum Gasteiger partial charge on any atom is -0.454 e.